The zero-order valence-corrected chi connectivity index (χ0v) is 6.86. The van der Waals surface area contributed by atoms with Gasteiger partial charge >= 0.3 is 0 Å². The predicted octanol–water partition coefficient (Wildman–Crippen LogP) is 2.01. The minimum atomic E-state index is 0.716. The van der Waals surface area contributed by atoms with Gasteiger partial charge in [0.15, 0.2) is 0 Å². The van der Waals surface area contributed by atoms with Gasteiger partial charge in [-0.15, -0.1) is 0 Å². The zero-order chi connectivity index (χ0) is 7.56. The van der Waals surface area contributed by atoms with Crippen molar-refractivity contribution in [1.29, 1.82) is 0 Å². The number of rotatable bonds is 1. The number of aryl methyl sites for hydroxylation is 1. The summed E-state index contributed by atoms with van der Waals surface area (Å²) in [5, 5.41) is 0. The molecule has 0 atom stereocenters. The van der Waals surface area contributed by atoms with E-state index in [9.17, 15) is 0 Å². The minimum Gasteiger partial charge on any atom is -0.398 e. The maximum absolute atomic E-state index is 5.65. The molecule has 0 saturated heterocycles. The van der Waals surface area contributed by atoms with Crippen LogP contribution in [0.1, 0.15) is 11.1 Å². The van der Waals surface area contributed by atoms with E-state index in [0.717, 1.165) is 11.3 Å². The fraction of sp³-hybridized carbons (Fsp3) is 0.250. The molecule has 0 aliphatic heterocycles. The molecule has 0 saturated carbocycles. The molecule has 1 aromatic rings. The van der Waals surface area contributed by atoms with Crippen LogP contribution in [0.5, 0.6) is 0 Å². The summed E-state index contributed by atoms with van der Waals surface area (Å²) in [6.07, 6.45) is 0. The van der Waals surface area contributed by atoms with Crippen LogP contribution in [0.25, 0.3) is 0 Å². The summed E-state index contributed by atoms with van der Waals surface area (Å²) in [4.78, 5) is 0. The van der Waals surface area contributed by atoms with Crippen molar-refractivity contribution in [3.8, 4) is 0 Å². The predicted molar refractivity (Wildman–Crippen MR) is 48.3 cm³/mol. The molecule has 0 amide bonds. The molecular weight excluding hydrogens is 142 g/mol. The molecule has 1 nitrogen and oxygen atoms in total. The number of anilines is 1. The van der Waals surface area contributed by atoms with Gasteiger partial charge in [-0.1, -0.05) is 17.7 Å². The van der Waals surface area contributed by atoms with Crippen LogP contribution in [-0.2, 0) is 5.75 Å². The van der Waals surface area contributed by atoms with E-state index in [4.69, 9.17) is 5.73 Å². The summed E-state index contributed by atoms with van der Waals surface area (Å²) in [6.45, 7) is 2.05. The maximum atomic E-state index is 5.65. The Labute approximate surface area is 66.7 Å². The summed E-state index contributed by atoms with van der Waals surface area (Å²) in [5.41, 5.74) is 8.83. The van der Waals surface area contributed by atoms with Gasteiger partial charge in [-0.05, 0) is 18.6 Å². The molecule has 10 heavy (non-hydrogen) atoms. The first-order chi connectivity index (χ1) is 4.74. The normalized spacial score (nSPS) is 9.80. The van der Waals surface area contributed by atoms with Crippen LogP contribution >= 0.6 is 12.6 Å². The number of benzene rings is 1. The molecular formula is C8H11NS. The highest BCUT2D eigenvalue weighted by Gasteiger charge is 1.94. The SMILES string of the molecule is Cc1ccc(N)c(CS)c1. The topological polar surface area (TPSA) is 26.0 Å². The average Bonchev–Trinajstić information content (AvgIpc) is 1.94. The summed E-state index contributed by atoms with van der Waals surface area (Å²) in [6, 6.07) is 5.98. The minimum absolute atomic E-state index is 0.716. The first-order valence-electron chi connectivity index (χ1n) is 3.20. The molecule has 0 aliphatic rings. The lowest BCUT2D eigenvalue weighted by Gasteiger charge is -2.01. The fourth-order valence-electron chi connectivity index (χ4n) is 0.871. The number of nitrogen functional groups attached to an aromatic ring is 1. The number of thiol groups is 1. The number of hydrogen-bond donors (Lipinski definition) is 2. The Balaban J connectivity index is 3.09. The average molecular weight is 153 g/mol. The molecule has 1 rings (SSSR count). The second kappa shape index (κ2) is 2.97. The van der Waals surface area contributed by atoms with E-state index in [-0.39, 0.29) is 0 Å². The van der Waals surface area contributed by atoms with Gasteiger partial charge in [0.1, 0.15) is 0 Å². The van der Waals surface area contributed by atoms with Crippen LogP contribution in [-0.4, -0.2) is 0 Å². The van der Waals surface area contributed by atoms with E-state index in [1.54, 1.807) is 0 Å². The molecule has 54 valence electrons. The summed E-state index contributed by atoms with van der Waals surface area (Å²) in [5.74, 6) is 0.716. The molecule has 2 heteroatoms. The highest BCUT2D eigenvalue weighted by molar-refractivity contribution is 7.79. The second-order valence-corrected chi connectivity index (χ2v) is 2.68. The third-order valence-electron chi connectivity index (χ3n) is 1.47. The first-order valence-corrected chi connectivity index (χ1v) is 3.83. The van der Waals surface area contributed by atoms with E-state index < -0.39 is 0 Å². The van der Waals surface area contributed by atoms with Crippen molar-refractivity contribution >= 4 is 18.3 Å². The van der Waals surface area contributed by atoms with Crippen molar-refractivity contribution in [3.05, 3.63) is 29.3 Å². The molecule has 0 bridgehead atoms. The number of nitrogens with two attached hydrogens (primary N) is 1. The van der Waals surface area contributed by atoms with Gasteiger partial charge in [-0.2, -0.15) is 12.6 Å². The van der Waals surface area contributed by atoms with Gasteiger partial charge in [0, 0.05) is 11.4 Å². The molecule has 0 fully saturated rings. The Morgan fingerprint density at radius 2 is 2.20 bits per heavy atom. The van der Waals surface area contributed by atoms with Gasteiger partial charge in [0.25, 0.3) is 0 Å². The van der Waals surface area contributed by atoms with Gasteiger partial charge in [-0.3, -0.25) is 0 Å². The molecule has 0 spiro atoms. The smallest absolute Gasteiger partial charge is 0.0355 e. The van der Waals surface area contributed by atoms with Gasteiger partial charge in [0.2, 0.25) is 0 Å². The van der Waals surface area contributed by atoms with Crippen LogP contribution in [0.4, 0.5) is 5.69 Å². The van der Waals surface area contributed by atoms with Gasteiger partial charge < -0.3 is 5.73 Å². The van der Waals surface area contributed by atoms with E-state index >= 15 is 0 Å². The van der Waals surface area contributed by atoms with E-state index in [1.165, 1.54) is 5.56 Å². The Morgan fingerprint density at radius 3 is 2.70 bits per heavy atom. The van der Waals surface area contributed by atoms with Crippen LogP contribution in [0, 0.1) is 6.92 Å². The third-order valence-corrected chi connectivity index (χ3v) is 1.81. The van der Waals surface area contributed by atoms with Gasteiger partial charge in [-0.25, -0.2) is 0 Å². The highest BCUT2D eigenvalue weighted by Crippen LogP contribution is 2.14. The maximum Gasteiger partial charge on any atom is 0.0355 e. The van der Waals surface area contributed by atoms with Crippen molar-refractivity contribution in [3.63, 3.8) is 0 Å². The van der Waals surface area contributed by atoms with Crippen molar-refractivity contribution in [2.24, 2.45) is 0 Å². The summed E-state index contributed by atoms with van der Waals surface area (Å²) in [7, 11) is 0. The highest BCUT2D eigenvalue weighted by atomic mass is 32.1. The van der Waals surface area contributed by atoms with Crippen molar-refractivity contribution in [2.75, 3.05) is 5.73 Å². The van der Waals surface area contributed by atoms with E-state index in [2.05, 4.69) is 18.7 Å². The Bertz CT molecular complexity index is 233. The zero-order valence-electron chi connectivity index (χ0n) is 5.96. The lowest BCUT2D eigenvalue weighted by molar-refractivity contribution is 1.36. The van der Waals surface area contributed by atoms with Crippen molar-refractivity contribution in [1.82, 2.24) is 0 Å². The standard InChI is InChI=1S/C8H11NS/c1-6-2-3-8(9)7(4-6)5-10/h2-4,10H,5,9H2,1H3. The summed E-state index contributed by atoms with van der Waals surface area (Å²) >= 11 is 4.15. The van der Waals surface area contributed by atoms with Crippen LogP contribution < -0.4 is 5.73 Å². The molecule has 0 heterocycles. The lowest BCUT2D eigenvalue weighted by atomic mass is 10.1. The first kappa shape index (κ1) is 7.48. The van der Waals surface area contributed by atoms with Crippen molar-refractivity contribution < 1.29 is 0 Å². The van der Waals surface area contributed by atoms with E-state index in [1.807, 2.05) is 19.1 Å². The molecule has 0 aliphatic carbocycles. The quantitative estimate of drug-likeness (QED) is 0.468. The van der Waals surface area contributed by atoms with Crippen LogP contribution in [0.3, 0.4) is 0 Å². The molecule has 0 radical (unpaired) electrons. The van der Waals surface area contributed by atoms with Crippen LogP contribution in [0.15, 0.2) is 18.2 Å². The monoisotopic (exact) mass is 153 g/mol. The van der Waals surface area contributed by atoms with Crippen LogP contribution in [0.2, 0.25) is 0 Å². The Morgan fingerprint density at radius 1 is 1.50 bits per heavy atom. The molecule has 1 aromatic carbocycles. The molecule has 2 N–H and O–H groups in total. The fourth-order valence-corrected chi connectivity index (χ4v) is 1.15. The largest absolute Gasteiger partial charge is 0.398 e. The second-order valence-electron chi connectivity index (χ2n) is 2.36. The summed E-state index contributed by atoms with van der Waals surface area (Å²) < 4.78 is 0. The Hall–Kier alpha value is -0.630. The molecule has 0 aromatic heterocycles. The molecule has 0 unspecified atom stereocenters. The third kappa shape index (κ3) is 1.45. The Kier molecular flexibility index (Phi) is 2.22. The lowest BCUT2D eigenvalue weighted by Crippen LogP contribution is -1.91. The van der Waals surface area contributed by atoms with Gasteiger partial charge in [0.05, 0.1) is 0 Å². The van der Waals surface area contributed by atoms with Crippen molar-refractivity contribution in [2.45, 2.75) is 12.7 Å². The number of hydrogen-bond acceptors (Lipinski definition) is 2. The van der Waals surface area contributed by atoms with E-state index in [0.29, 0.717) is 5.75 Å².